The molecule has 17 heavy (non-hydrogen) atoms. The monoisotopic (exact) mass is 234 g/mol. The van der Waals surface area contributed by atoms with Gasteiger partial charge in [0.15, 0.2) is 5.56 Å². The van der Waals surface area contributed by atoms with Gasteiger partial charge in [-0.05, 0) is 11.3 Å². The van der Waals surface area contributed by atoms with Gasteiger partial charge in [0.1, 0.15) is 6.04 Å². The Balaban J connectivity index is 2.43. The zero-order valence-electron chi connectivity index (χ0n) is 8.81. The highest BCUT2D eigenvalue weighted by Crippen LogP contribution is 2.21. The molecule has 1 aliphatic carbocycles. The number of allylic oxidation sites excluding steroid dienone is 4. The first kappa shape index (κ1) is 11.1. The minimum atomic E-state index is -0.855. The van der Waals surface area contributed by atoms with Crippen LogP contribution in [0.2, 0.25) is 0 Å². The highest BCUT2D eigenvalue weighted by Gasteiger charge is 2.26. The number of rotatable bonds is 3. The van der Waals surface area contributed by atoms with Crippen molar-refractivity contribution < 1.29 is 9.72 Å². The summed E-state index contributed by atoms with van der Waals surface area (Å²) in [4.78, 5) is 21.0. The van der Waals surface area contributed by atoms with Gasteiger partial charge in [-0.3, -0.25) is 4.79 Å². The van der Waals surface area contributed by atoms with Crippen LogP contribution in [0.1, 0.15) is 22.8 Å². The first-order chi connectivity index (χ1) is 8.09. The van der Waals surface area contributed by atoms with E-state index in [1.54, 1.807) is 0 Å². The van der Waals surface area contributed by atoms with Gasteiger partial charge < -0.3 is 15.8 Å². The van der Waals surface area contributed by atoms with Crippen LogP contribution < -0.4 is 5.73 Å². The van der Waals surface area contributed by atoms with Crippen molar-refractivity contribution in [3.8, 4) is 0 Å². The van der Waals surface area contributed by atoms with E-state index in [0.717, 1.165) is 6.42 Å². The third-order valence-electron chi connectivity index (χ3n) is 2.40. The molecule has 1 aromatic heterocycles. The Kier molecular flexibility index (Phi) is 2.73. The number of amides is 1. The summed E-state index contributed by atoms with van der Waals surface area (Å²) in [7, 11) is 0. The van der Waals surface area contributed by atoms with E-state index in [9.17, 15) is 14.9 Å². The lowest BCUT2D eigenvalue weighted by molar-refractivity contribution is -0.390. The first-order valence-electron chi connectivity index (χ1n) is 4.96. The molecule has 0 fully saturated rings. The second kappa shape index (κ2) is 4.20. The molecule has 0 atom stereocenters. The summed E-state index contributed by atoms with van der Waals surface area (Å²) in [5, 5.41) is 14.5. The summed E-state index contributed by atoms with van der Waals surface area (Å²) in [5.74, 6) is -1.36. The van der Waals surface area contributed by atoms with E-state index in [0.29, 0.717) is 0 Å². The molecular weight excluding hydrogens is 224 g/mol. The Bertz CT molecular complexity index is 486. The number of aromatic nitrogens is 2. The maximum atomic E-state index is 11.1. The summed E-state index contributed by atoms with van der Waals surface area (Å²) in [5.41, 5.74) is 4.88. The number of nitro groups is 1. The van der Waals surface area contributed by atoms with Crippen molar-refractivity contribution in [2.45, 2.75) is 12.5 Å². The van der Waals surface area contributed by atoms with Crippen molar-refractivity contribution in [2.75, 3.05) is 0 Å². The molecule has 0 bridgehead atoms. The summed E-state index contributed by atoms with van der Waals surface area (Å²) in [6, 6.07) is -0.212. The van der Waals surface area contributed by atoms with E-state index in [2.05, 4.69) is 5.10 Å². The molecule has 0 spiro atoms. The topological polar surface area (TPSA) is 104 Å². The van der Waals surface area contributed by atoms with Crippen LogP contribution in [0.3, 0.4) is 0 Å². The largest absolute Gasteiger partial charge is 0.402 e. The molecule has 0 aliphatic heterocycles. The second-order valence-electron chi connectivity index (χ2n) is 3.55. The Labute approximate surface area is 96.4 Å². The average Bonchev–Trinajstić information content (AvgIpc) is 2.75. The molecule has 2 N–H and O–H groups in total. The van der Waals surface area contributed by atoms with Crippen LogP contribution in [-0.4, -0.2) is 20.6 Å². The molecule has 0 saturated heterocycles. The van der Waals surface area contributed by atoms with Gasteiger partial charge in [-0.1, -0.05) is 24.3 Å². The van der Waals surface area contributed by atoms with Gasteiger partial charge in [-0.25, -0.2) is 0 Å². The summed E-state index contributed by atoms with van der Waals surface area (Å²) in [6.45, 7) is 0. The Morgan fingerprint density at radius 1 is 1.53 bits per heavy atom. The quantitative estimate of drug-likeness (QED) is 0.477. The Morgan fingerprint density at radius 3 is 2.65 bits per heavy atom. The van der Waals surface area contributed by atoms with Gasteiger partial charge >= 0.3 is 5.82 Å². The van der Waals surface area contributed by atoms with E-state index >= 15 is 0 Å². The van der Waals surface area contributed by atoms with Crippen molar-refractivity contribution in [3.05, 3.63) is 46.2 Å². The van der Waals surface area contributed by atoms with Gasteiger partial charge in [0.25, 0.3) is 5.91 Å². The summed E-state index contributed by atoms with van der Waals surface area (Å²) < 4.78 is 1.35. The lowest BCUT2D eigenvalue weighted by atomic mass is 10.1. The Hall–Kier alpha value is -2.44. The molecule has 7 nitrogen and oxygen atoms in total. The van der Waals surface area contributed by atoms with Gasteiger partial charge in [-0.15, -0.1) is 0 Å². The lowest BCUT2D eigenvalue weighted by Crippen LogP contribution is -2.12. The standard InChI is InChI=1S/C10H10N4O3/c11-9(15)8-6-13(12-10(8)14(16)17)7-4-2-1-3-5-7/h2-7H,1H2,(H2,11,15). The van der Waals surface area contributed by atoms with Crippen molar-refractivity contribution in [1.82, 2.24) is 9.78 Å². The average molecular weight is 234 g/mol. The minimum absolute atomic E-state index is 0.178. The molecule has 88 valence electrons. The van der Waals surface area contributed by atoms with E-state index in [1.165, 1.54) is 10.9 Å². The number of hydrogen-bond donors (Lipinski definition) is 1. The first-order valence-corrected chi connectivity index (χ1v) is 4.96. The van der Waals surface area contributed by atoms with Crippen LogP contribution in [0.5, 0.6) is 0 Å². The summed E-state index contributed by atoms with van der Waals surface area (Å²) in [6.07, 6.45) is 9.65. The van der Waals surface area contributed by atoms with E-state index in [-0.39, 0.29) is 11.6 Å². The van der Waals surface area contributed by atoms with Crippen molar-refractivity contribution in [3.63, 3.8) is 0 Å². The fraction of sp³-hybridized carbons (Fsp3) is 0.200. The number of carbonyl (C=O) groups is 1. The maximum Gasteiger partial charge on any atom is 0.402 e. The zero-order chi connectivity index (χ0) is 12.4. The van der Waals surface area contributed by atoms with Crippen LogP contribution >= 0.6 is 0 Å². The molecule has 1 heterocycles. The number of nitrogens with two attached hydrogens (primary N) is 1. The highest BCUT2D eigenvalue weighted by molar-refractivity contribution is 5.95. The minimum Gasteiger partial charge on any atom is -0.365 e. The Morgan fingerprint density at radius 2 is 2.18 bits per heavy atom. The van der Waals surface area contributed by atoms with Crippen LogP contribution in [-0.2, 0) is 0 Å². The summed E-state index contributed by atoms with van der Waals surface area (Å²) >= 11 is 0. The lowest BCUT2D eigenvalue weighted by Gasteiger charge is -2.06. The van der Waals surface area contributed by atoms with Crippen LogP contribution in [0.25, 0.3) is 0 Å². The van der Waals surface area contributed by atoms with Gasteiger partial charge in [-0.2, -0.15) is 4.68 Å². The zero-order valence-corrected chi connectivity index (χ0v) is 8.81. The molecule has 7 heteroatoms. The number of nitrogens with zero attached hydrogens (tertiary/aromatic N) is 3. The smallest absolute Gasteiger partial charge is 0.365 e. The van der Waals surface area contributed by atoms with Gasteiger partial charge in [0.2, 0.25) is 0 Å². The fourth-order valence-electron chi connectivity index (χ4n) is 1.60. The second-order valence-corrected chi connectivity index (χ2v) is 3.55. The molecule has 1 amide bonds. The highest BCUT2D eigenvalue weighted by atomic mass is 16.6. The molecule has 0 aromatic carbocycles. The normalized spacial score (nSPS) is 15.1. The fourth-order valence-corrected chi connectivity index (χ4v) is 1.60. The number of carbonyl (C=O) groups excluding carboxylic acids is 1. The molecule has 0 saturated carbocycles. The van der Waals surface area contributed by atoms with Crippen LogP contribution in [0, 0.1) is 10.1 Å². The van der Waals surface area contributed by atoms with Gasteiger partial charge in [0.05, 0.1) is 11.3 Å². The predicted octanol–water partition coefficient (Wildman–Crippen LogP) is 0.947. The maximum absolute atomic E-state index is 11.1. The van der Waals surface area contributed by atoms with E-state index in [4.69, 9.17) is 5.73 Å². The van der Waals surface area contributed by atoms with E-state index < -0.39 is 16.6 Å². The molecular formula is C10H10N4O3. The molecule has 0 radical (unpaired) electrons. The third kappa shape index (κ3) is 2.07. The molecule has 2 rings (SSSR count). The third-order valence-corrected chi connectivity index (χ3v) is 2.40. The van der Waals surface area contributed by atoms with Crippen molar-refractivity contribution in [1.29, 1.82) is 0 Å². The number of hydrogen-bond acceptors (Lipinski definition) is 4. The van der Waals surface area contributed by atoms with Crippen molar-refractivity contribution in [2.24, 2.45) is 5.73 Å². The van der Waals surface area contributed by atoms with Crippen molar-refractivity contribution >= 4 is 11.7 Å². The predicted molar refractivity (Wildman–Crippen MR) is 59.3 cm³/mol. The van der Waals surface area contributed by atoms with Crippen LogP contribution in [0.4, 0.5) is 5.82 Å². The molecule has 1 aromatic rings. The molecule has 0 unspecified atom stereocenters. The van der Waals surface area contributed by atoms with Gasteiger partial charge in [0, 0.05) is 0 Å². The molecule has 1 aliphatic rings. The SMILES string of the molecule is NC(=O)c1cn(C2C=CCC=C2)nc1[N+](=O)[O-]. The van der Waals surface area contributed by atoms with E-state index in [1.807, 2.05) is 24.3 Å². The number of primary amides is 1. The van der Waals surface area contributed by atoms with Crippen LogP contribution in [0.15, 0.2) is 30.5 Å².